The van der Waals surface area contributed by atoms with Gasteiger partial charge in [-0.2, -0.15) is 0 Å². The number of carbonyl (C=O) groups excluding carboxylic acids is 1. The first-order valence-corrected chi connectivity index (χ1v) is 7.67. The van der Waals surface area contributed by atoms with Crippen molar-refractivity contribution in [3.8, 4) is 0 Å². The molecular weight excluding hydrogens is 256 g/mol. The van der Waals surface area contributed by atoms with Crippen LogP contribution >= 0.6 is 0 Å². The van der Waals surface area contributed by atoms with Gasteiger partial charge in [-0.05, 0) is 42.4 Å². The highest BCUT2D eigenvalue weighted by molar-refractivity contribution is 5.83. The SMILES string of the molecule is CC1(C)CC1CNC(=O)N1CC2CCCC2C1C(=O)O. The van der Waals surface area contributed by atoms with Crippen LogP contribution in [-0.2, 0) is 4.79 Å². The Morgan fingerprint density at radius 1 is 1.35 bits per heavy atom. The minimum Gasteiger partial charge on any atom is -0.480 e. The number of urea groups is 1. The minimum absolute atomic E-state index is 0.163. The molecule has 0 spiro atoms. The van der Waals surface area contributed by atoms with Crippen LogP contribution in [0.5, 0.6) is 0 Å². The van der Waals surface area contributed by atoms with Gasteiger partial charge in [0.2, 0.25) is 0 Å². The molecular formula is C15H24N2O3. The largest absolute Gasteiger partial charge is 0.480 e. The Morgan fingerprint density at radius 2 is 2.05 bits per heavy atom. The van der Waals surface area contributed by atoms with Crippen molar-refractivity contribution in [2.24, 2.45) is 23.2 Å². The highest BCUT2D eigenvalue weighted by atomic mass is 16.4. The number of nitrogens with zero attached hydrogens (tertiary/aromatic N) is 1. The van der Waals surface area contributed by atoms with E-state index in [2.05, 4.69) is 19.2 Å². The molecule has 0 bridgehead atoms. The van der Waals surface area contributed by atoms with Crippen LogP contribution in [0, 0.1) is 23.2 Å². The van der Waals surface area contributed by atoms with Gasteiger partial charge in [0.05, 0.1) is 0 Å². The third kappa shape index (κ3) is 2.27. The van der Waals surface area contributed by atoms with Gasteiger partial charge < -0.3 is 15.3 Å². The lowest BCUT2D eigenvalue weighted by Crippen LogP contribution is -2.48. The fraction of sp³-hybridized carbons (Fsp3) is 0.867. The molecule has 2 aliphatic carbocycles. The predicted octanol–water partition coefficient (Wildman–Crippen LogP) is 1.93. The fourth-order valence-electron chi connectivity index (χ4n) is 4.07. The number of nitrogens with one attached hydrogen (secondary N) is 1. The van der Waals surface area contributed by atoms with Crippen molar-refractivity contribution in [2.45, 2.75) is 45.6 Å². The maximum atomic E-state index is 12.3. The Morgan fingerprint density at radius 3 is 2.65 bits per heavy atom. The summed E-state index contributed by atoms with van der Waals surface area (Å²) in [4.78, 5) is 25.3. The Bertz CT molecular complexity index is 435. The zero-order chi connectivity index (χ0) is 14.5. The molecule has 0 aromatic heterocycles. The minimum atomic E-state index is -0.846. The predicted molar refractivity (Wildman–Crippen MR) is 74.2 cm³/mol. The van der Waals surface area contributed by atoms with Gasteiger partial charge >= 0.3 is 12.0 Å². The summed E-state index contributed by atoms with van der Waals surface area (Å²) in [5.41, 5.74) is 0.334. The summed E-state index contributed by atoms with van der Waals surface area (Å²) in [7, 11) is 0. The normalized spacial score (nSPS) is 37.6. The first kappa shape index (κ1) is 13.7. The van der Waals surface area contributed by atoms with Crippen LogP contribution in [-0.4, -0.2) is 41.1 Å². The second-order valence-corrected chi connectivity index (χ2v) is 7.37. The van der Waals surface area contributed by atoms with E-state index >= 15 is 0 Å². The quantitative estimate of drug-likeness (QED) is 0.830. The lowest BCUT2D eigenvalue weighted by Gasteiger charge is -2.24. The first-order chi connectivity index (χ1) is 9.40. The number of hydrogen-bond acceptors (Lipinski definition) is 2. The number of hydrogen-bond donors (Lipinski definition) is 2. The molecule has 4 atom stereocenters. The molecule has 4 unspecified atom stereocenters. The lowest BCUT2D eigenvalue weighted by molar-refractivity contribution is -0.142. The van der Waals surface area contributed by atoms with E-state index in [4.69, 9.17) is 0 Å². The van der Waals surface area contributed by atoms with Gasteiger partial charge in [-0.15, -0.1) is 0 Å². The molecule has 20 heavy (non-hydrogen) atoms. The second-order valence-electron chi connectivity index (χ2n) is 7.37. The average Bonchev–Trinajstić information content (AvgIpc) is 2.75. The van der Waals surface area contributed by atoms with Gasteiger partial charge in [0.1, 0.15) is 6.04 Å². The number of fused-ring (bicyclic) bond motifs is 1. The van der Waals surface area contributed by atoms with Crippen LogP contribution in [0.3, 0.4) is 0 Å². The van der Waals surface area contributed by atoms with E-state index in [0.29, 0.717) is 30.3 Å². The number of rotatable bonds is 3. The summed E-state index contributed by atoms with van der Waals surface area (Å²) in [6, 6.07) is -0.802. The zero-order valence-electron chi connectivity index (χ0n) is 12.3. The van der Waals surface area contributed by atoms with Gasteiger partial charge in [0.25, 0.3) is 0 Å². The molecule has 2 amide bonds. The first-order valence-electron chi connectivity index (χ1n) is 7.67. The van der Waals surface area contributed by atoms with Crippen molar-refractivity contribution in [3.05, 3.63) is 0 Å². The summed E-state index contributed by atoms with van der Waals surface area (Å²) in [6.07, 6.45) is 4.25. The maximum absolute atomic E-state index is 12.3. The topological polar surface area (TPSA) is 69.6 Å². The van der Waals surface area contributed by atoms with E-state index in [1.807, 2.05) is 0 Å². The fourth-order valence-corrected chi connectivity index (χ4v) is 4.07. The third-order valence-electron chi connectivity index (χ3n) is 5.62. The maximum Gasteiger partial charge on any atom is 0.326 e. The molecule has 0 aromatic rings. The van der Waals surface area contributed by atoms with Crippen LogP contribution in [0.25, 0.3) is 0 Å². The van der Waals surface area contributed by atoms with Gasteiger partial charge in [0.15, 0.2) is 0 Å². The number of amides is 2. The lowest BCUT2D eigenvalue weighted by atomic mass is 9.94. The molecule has 112 valence electrons. The van der Waals surface area contributed by atoms with Gasteiger partial charge in [-0.25, -0.2) is 9.59 Å². The van der Waals surface area contributed by atoms with Crippen LogP contribution in [0.4, 0.5) is 4.79 Å². The molecule has 3 aliphatic rings. The highest BCUT2D eigenvalue weighted by Gasteiger charge is 2.50. The Balaban J connectivity index is 1.60. The van der Waals surface area contributed by atoms with Gasteiger partial charge in [-0.1, -0.05) is 20.3 Å². The van der Waals surface area contributed by atoms with Crippen molar-refractivity contribution in [1.29, 1.82) is 0 Å². The molecule has 2 saturated carbocycles. The molecule has 1 aliphatic heterocycles. The molecule has 0 radical (unpaired) electrons. The summed E-state index contributed by atoms with van der Waals surface area (Å²) in [6.45, 7) is 5.68. The molecule has 0 aromatic carbocycles. The van der Waals surface area contributed by atoms with Gasteiger partial charge in [0, 0.05) is 13.1 Å². The van der Waals surface area contributed by atoms with Crippen LogP contribution < -0.4 is 5.32 Å². The van der Waals surface area contributed by atoms with E-state index in [-0.39, 0.29) is 11.9 Å². The van der Waals surface area contributed by atoms with Crippen molar-refractivity contribution >= 4 is 12.0 Å². The smallest absolute Gasteiger partial charge is 0.326 e. The average molecular weight is 280 g/mol. The van der Waals surface area contributed by atoms with Gasteiger partial charge in [-0.3, -0.25) is 0 Å². The molecule has 3 rings (SSSR count). The van der Waals surface area contributed by atoms with Crippen molar-refractivity contribution in [3.63, 3.8) is 0 Å². The number of carboxylic acid groups (broad SMARTS) is 1. The molecule has 5 nitrogen and oxygen atoms in total. The van der Waals surface area contributed by atoms with E-state index in [0.717, 1.165) is 25.7 Å². The summed E-state index contributed by atoms with van der Waals surface area (Å²) < 4.78 is 0. The van der Waals surface area contributed by atoms with Crippen LogP contribution in [0.1, 0.15) is 39.5 Å². The second kappa shape index (κ2) is 4.64. The summed E-state index contributed by atoms with van der Waals surface area (Å²) in [5.74, 6) is 0.243. The Kier molecular flexibility index (Phi) is 3.18. The standard InChI is InChI=1S/C15H24N2O3/c1-15(2)6-10(15)7-16-14(20)17-8-9-4-3-5-11(9)12(17)13(18)19/h9-12H,3-8H2,1-2H3,(H,16,20)(H,18,19). The Labute approximate surface area is 119 Å². The van der Waals surface area contributed by atoms with E-state index < -0.39 is 12.0 Å². The number of carboxylic acids is 1. The van der Waals surface area contributed by atoms with E-state index in [9.17, 15) is 14.7 Å². The van der Waals surface area contributed by atoms with Crippen LogP contribution in [0.15, 0.2) is 0 Å². The van der Waals surface area contributed by atoms with Crippen molar-refractivity contribution in [2.75, 3.05) is 13.1 Å². The number of aliphatic carboxylic acids is 1. The Hall–Kier alpha value is -1.26. The molecule has 5 heteroatoms. The zero-order valence-corrected chi connectivity index (χ0v) is 12.3. The molecule has 2 N–H and O–H groups in total. The monoisotopic (exact) mass is 280 g/mol. The summed E-state index contributed by atoms with van der Waals surface area (Å²) >= 11 is 0. The molecule has 3 fully saturated rings. The van der Waals surface area contributed by atoms with Crippen molar-refractivity contribution < 1.29 is 14.7 Å². The van der Waals surface area contributed by atoms with E-state index in [1.54, 1.807) is 4.90 Å². The third-order valence-corrected chi connectivity index (χ3v) is 5.62. The van der Waals surface area contributed by atoms with E-state index in [1.165, 1.54) is 0 Å². The molecule has 1 heterocycles. The van der Waals surface area contributed by atoms with Crippen LogP contribution in [0.2, 0.25) is 0 Å². The number of carbonyl (C=O) groups is 2. The summed E-state index contributed by atoms with van der Waals surface area (Å²) in [5, 5.41) is 12.4. The number of likely N-dealkylation sites (tertiary alicyclic amines) is 1. The molecule has 1 saturated heterocycles. The van der Waals surface area contributed by atoms with Crippen molar-refractivity contribution in [1.82, 2.24) is 10.2 Å². The highest BCUT2D eigenvalue weighted by Crippen LogP contribution is 2.51.